The monoisotopic (exact) mass is 474 g/mol. The molecule has 1 aliphatic heterocycles. The number of nitrogens with zero attached hydrogens (tertiary/aromatic N) is 2. The van der Waals surface area contributed by atoms with E-state index in [0.717, 1.165) is 24.8 Å². The average molecular weight is 475 g/mol. The van der Waals surface area contributed by atoms with E-state index in [0.29, 0.717) is 32.2 Å². The molecule has 1 heterocycles. The van der Waals surface area contributed by atoms with Gasteiger partial charge in [-0.1, -0.05) is 38.5 Å². The van der Waals surface area contributed by atoms with Crippen LogP contribution in [-0.4, -0.2) is 66.9 Å². The number of carbonyl (C=O) groups is 2. The van der Waals surface area contributed by atoms with Crippen LogP contribution in [0.3, 0.4) is 0 Å². The van der Waals surface area contributed by atoms with E-state index in [1.807, 2.05) is 25.7 Å². The van der Waals surface area contributed by atoms with Crippen molar-refractivity contribution in [2.75, 3.05) is 33.4 Å². The van der Waals surface area contributed by atoms with E-state index in [4.69, 9.17) is 14.2 Å². The van der Waals surface area contributed by atoms with Gasteiger partial charge in [0.05, 0.1) is 19.3 Å². The Kier molecular flexibility index (Phi) is 8.99. The summed E-state index contributed by atoms with van der Waals surface area (Å²) in [5, 5.41) is 0. The van der Waals surface area contributed by atoms with Gasteiger partial charge in [0.15, 0.2) is 6.10 Å². The van der Waals surface area contributed by atoms with Crippen LogP contribution in [0, 0.1) is 5.92 Å². The largest absolute Gasteiger partial charge is 0.444 e. The third kappa shape index (κ3) is 7.19. The first-order valence-electron chi connectivity index (χ1n) is 12.6. The van der Waals surface area contributed by atoms with Gasteiger partial charge in [-0.2, -0.15) is 0 Å². The van der Waals surface area contributed by atoms with Gasteiger partial charge in [-0.3, -0.25) is 4.79 Å². The highest BCUT2D eigenvalue weighted by Gasteiger charge is 2.34. The highest BCUT2D eigenvalue weighted by atomic mass is 16.6. The molecule has 7 nitrogen and oxygen atoms in total. The van der Waals surface area contributed by atoms with Gasteiger partial charge in [0.2, 0.25) is 0 Å². The molecule has 0 N–H and O–H groups in total. The van der Waals surface area contributed by atoms with Crippen LogP contribution in [0.4, 0.5) is 4.79 Å². The first kappa shape index (κ1) is 26.5. The fourth-order valence-electron chi connectivity index (χ4n) is 4.70. The lowest BCUT2D eigenvalue weighted by atomic mass is 9.97. The number of amides is 2. The molecule has 0 saturated carbocycles. The number of methoxy groups -OCH3 is 1. The zero-order valence-corrected chi connectivity index (χ0v) is 21.8. The van der Waals surface area contributed by atoms with Crippen LogP contribution < -0.4 is 0 Å². The molecule has 2 aliphatic rings. The molecule has 0 spiro atoms. The lowest BCUT2D eigenvalue weighted by Crippen LogP contribution is -2.53. The van der Waals surface area contributed by atoms with Crippen molar-refractivity contribution in [2.24, 2.45) is 5.92 Å². The van der Waals surface area contributed by atoms with Gasteiger partial charge in [-0.15, -0.1) is 0 Å². The van der Waals surface area contributed by atoms with Crippen molar-refractivity contribution in [3.63, 3.8) is 0 Å². The van der Waals surface area contributed by atoms with Crippen LogP contribution in [0.5, 0.6) is 0 Å². The summed E-state index contributed by atoms with van der Waals surface area (Å²) in [6.45, 7) is 11.8. The van der Waals surface area contributed by atoms with Crippen molar-refractivity contribution in [3.8, 4) is 0 Å². The van der Waals surface area contributed by atoms with Crippen molar-refractivity contribution < 1.29 is 23.8 Å². The Balaban J connectivity index is 1.75. The molecule has 190 valence electrons. The van der Waals surface area contributed by atoms with E-state index in [9.17, 15) is 9.59 Å². The normalized spacial score (nSPS) is 21.1. The SMILES string of the molecule is COC1CCCCc2ccc(CN(CC(C)C)C(=O)C3CN(C(=O)OC(C)(C)C)CCO3)cc21. The summed E-state index contributed by atoms with van der Waals surface area (Å²) in [4.78, 5) is 29.6. The smallest absolute Gasteiger partial charge is 0.410 e. The fourth-order valence-corrected chi connectivity index (χ4v) is 4.70. The van der Waals surface area contributed by atoms with Crippen molar-refractivity contribution in [3.05, 3.63) is 34.9 Å². The molecule has 1 saturated heterocycles. The Hall–Kier alpha value is -2.12. The molecule has 0 radical (unpaired) electrons. The van der Waals surface area contributed by atoms with Gasteiger partial charge in [0.1, 0.15) is 5.60 Å². The van der Waals surface area contributed by atoms with E-state index in [2.05, 4.69) is 32.0 Å². The highest BCUT2D eigenvalue weighted by Crippen LogP contribution is 2.32. The second kappa shape index (κ2) is 11.5. The number of hydrogen-bond donors (Lipinski definition) is 0. The summed E-state index contributed by atoms with van der Waals surface area (Å²) in [6, 6.07) is 6.54. The predicted molar refractivity (Wildman–Crippen MR) is 132 cm³/mol. The Morgan fingerprint density at radius 2 is 2.00 bits per heavy atom. The van der Waals surface area contributed by atoms with E-state index in [1.165, 1.54) is 17.5 Å². The van der Waals surface area contributed by atoms with Crippen molar-refractivity contribution >= 4 is 12.0 Å². The minimum Gasteiger partial charge on any atom is -0.444 e. The summed E-state index contributed by atoms with van der Waals surface area (Å²) < 4.78 is 17.1. The summed E-state index contributed by atoms with van der Waals surface area (Å²) in [5.41, 5.74) is 3.11. The van der Waals surface area contributed by atoms with Gasteiger partial charge in [0.25, 0.3) is 5.91 Å². The van der Waals surface area contributed by atoms with Gasteiger partial charge in [0, 0.05) is 26.7 Å². The van der Waals surface area contributed by atoms with Crippen LogP contribution in [-0.2, 0) is 32.0 Å². The first-order chi connectivity index (χ1) is 16.1. The standard InChI is InChI=1S/C27H42N2O5/c1-19(2)16-29(17-20-11-12-21-9-7-8-10-23(32-6)22(21)15-20)25(30)24-18-28(13-14-33-24)26(31)34-27(3,4)5/h11-12,15,19,23-24H,7-10,13-14,16-18H2,1-6H3. The van der Waals surface area contributed by atoms with E-state index in [1.54, 1.807) is 12.0 Å². The number of ether oxygens (including phenoxy) is 3. The number of morpholine rings is 1. The number of rotatable bonds is 6. The second-order valence-electron chi connectivity index (χ2n) is 10.9. The molecule has 1 fully saturated rings. The number of aryl methyl sites for hydroxylation is 1. The Morgan fingerprint density at radius 1 is 1.24 bits per heavy atom. The number of fused-ring (bicyclic) bond motifs is 1. The summed E-state index contributed by atoms with van der Waals surface area (Å²) >= 11 is 0. The first-order valence-corrected chi connectivity index (χ1v) is 12.6. The predicted octanol–water partition coefficient (Wildman–Crippen LogP) is 4.72. The molecule has 3 rings (SSSR count). The minimum absolute atomic E-state index is 0.0832. The average Bonchev–Trinajstić information content (AvgIpc) is 2.98. The van der Waals surface area contributed by atoms with Crippen LogP contribution in [0.2, 0.25) is 0 Å². The number of benzene rings is 1. The maximum atomic E-state index is 13.6. The van der Waals surface area contributed by atoms with Gasteiger partial charge < -0.3 is 24.0 Å². The quantitative estimate of drug-likeness (QED) is 0.558. The minimum atomic E-state index is -0.687. The lowest BCUT2D eigenvalue weighted by molar-refractivity contribution is -0.150. The Labute approximate surface area is 204 Å². The van der Waals surface area contributed by atoms with Crippen molar-refractivity contribution in [2.45, 2.75) is 84.7 Å². The molecule has 2 amide bonds. The van der Waals surface area contributed by atoms with Crippen molar-refractivity contribution in [1.82, 2.24) is 9.80 Å². The van der Waals surface area contributed by atoms with Crippen LogP contribution in [0.1, 0.15) is 76.7 Å². The zero-order valence-electron chi connectivity index (χ0n) is 21.8. The van der Waals surface area contributed by atoms with Crippen LogP contribution >= 0.6 is 0 Å². The third-order valence-electron chi connectivity index (χ3n) is 6.27. The Morgan fingerprint density at radius 3 is 2.68 bits per heavy atom. The molecule has 34 heavy (non-hydrogen) atoms. The Bertz CT molecular complexity index is 848. The maximum Gasteiger partial charge on any atom is 0.410 e. The molecular formula is C27H42N2O5. The molecule has 1 aromatic carbocycles. The number of carbonyl (C=O) groups excluding carboxylic acids is 2. The highest BCUT2D eigenvalue weighted by molar-refractivity contribution is 5.82. The van der Waals surface area contributed by atoms with Gasteiger partial charge >= 0.3 is 6.09 Å². The van der Waals surface area contributed by atoms with E-state index in [-0.39, 0.29) is 18.6 Å². The van der Waals surface area contributed by atoms with E-state index < -0.39 is 17.8 Å². The summed E-state index contributed by atoms with van der Waals surface area (Å²) in [6.07, 6.45) is 3.45. The second-order valence-corrected chi connectivity index (χ2v) is 10.9. The molecule has 2 atom stereocenters. The van der Waals surface area contributed by atoms with Gasteiger partial charge in [-0.25, -0.2) is 4.79 Å². The lowest BCUT2D eigenvalue weighted by Gasteiger charge is -2.36. The molecule has 1 aliphatic carbocycles. The molecule has 0 bridgehead atoms. The molecule has 1 aromatic rings. The van der Waals surface area contributed by atoms with Gasteiger partial charge in [-0.05, 0) is 62.6 Å². The maximum absolute atomic E-state index is 13.6. The molecule has 7 heteroatoms. The third-order valence-corrected chi connectivity index (χ3v) is 6.27. The molecular weight excluding hydrogens is 432 g/mol. The number of hydrogen-bond acceptors (Lipinski definition) is 5. The zero-order chi connectivity index (χ0) is 24.9. The van der Waals surface area contributed by atoms with Crippen LogP contribution in [0.25, 0.3) is 0 Å². The summed E-state index contributed by atoms with van der Waals surface area (Å²) in [5.74, 6) is 0.224. The summed E-state index contributed by atoms with van der Waals surface area (Å²) in [7, 11) is 1.78. The topological polar surface area (TPSA) is 68.3 Å². The molecule has 0 aromatic heterocycles. The fraction of sp³-hybridized carbons (Fsp3) is 0.704. The van der Waals surface area contributed by atoms with Crippen molar-refractivity contribution in [1.29, 1.82) is 0 Å². The van der Waals surface area contributed by atoms with Crippen LogP contribution in [0.15, 0.2) is 18.2 Å². The molecule has 2 unspecified atom stereocenters. The van der Waals surface area contributed by atoms with E-state index >= 15 is 0 Å².